The highest BCUT2D eigenvalue weighted by molar-refractivity contribution is 7.89. The van der Waals surface area contributed by atoms with Crippen LogP contribution in [0.3, 0.4) is 0 Å². The first-order valence-corrected chi connectivity index (χ1v) is 11.4. The monoisotopic (exact) mass is 404 g/mol. The molecule has 0 aliphatic rings. The summed E-state index contributed by atoms with van der Waals surface area (Å²) >= 11 is 1.09. The molecule has 0 spiro atoms. The van der Waals surface area contributed by atoms with Crippen LogP contribution in [0.15, 0.2) is 58.2 Å². The molecule has 0 saturated carbocycles. The van der Waals surface area contributed by atoms with Gasteiger partial charge in [0, 0.05) is 12.6 Å². The number of aryl methyl sites for hydroxylation is 2. The van der Waals surface area contributed by atoms with E-state index >= 15 is 0 Å². The van der Waals surface area contributed by atoms with E-state index < -0.39 is 10.0 Å². The van der Waals surface area contributed by atoms with E-state index in [9.17, 15) is 13.2 Å². The molecule has 3 aromatic rings. The molecule has 2 aromatic carbocycles. The number of fused-ring (bicyclic) bond motifs is 1. The van der Waals surface area contributed by atoms with Gasteiger partial charge in [-0.1, -0.05) is 48.6 Å². The number of hydrogen-bond acceptors (Lipinski definition) is 4. The summed E-state index contributed by atoms with van der Waals surface area (Å²) in [6.07, 6.45) is 2.38. The quantitative estimate of drug-likeness (QED) is 0.621. The fourth-order valence-electron chi connectivity index (χ4n) is 3.07. The number of sulfonamides is 1. The van der Waals surface area contributed by atoms with Crippen LogP contribution in [-0.2, 0) is 23.0 Å². The molecule has 5 nitrogen and oxygen atoms in total. The predicted octanol–water partition coefficient (Wildman–Crippen LogP) is 3.77. The minimum absolute atomic E-state index is 0.0504. The second-order valence-electron chi connectivity index (χ2n) is 6.70. The van der Waals surface area contributed by atoms with Crippen molar-refractivity contribution in [3.05, 3.63) is 63.8 Å². The van der Waals surface area contributed by atoms with Crippen molar-refractivity contribution in [2.24, 2.45) is 0 Å². The summed E-state index contributed by atoms with van der Waals surface area (Å²) in [5.74, 6) is 0. The molecule has 1 atom stereocenters. The van der Waals surface area contributed by atoms with Gasteiger partial charge in [-0.3, -0.25) is 9.36 Å². The molecule has 3 rings (SSSR count). The Morgan fingerprint density at radius 2 is 1.89 bits per heavy atom. The Morgan fingerprint density at radius 1 is 1.15 bits per heavy atom. The normalized spacial score (nSPS) is 13.1. The molecule has 0 amide bonds. The van der Waals surface area contributed by atoms with Gasteiger partial charge in [0.15, 0.2) is 0 Å². The Balaban J connectivity index is 1.75. The molecule has 7 heteroatoms. The van der Waals surface area contributed by atoms with Crippen molar-refractivity contribution < 1.29 is 8.42 Å². The third-order valence-corrected chi connectivity index (χ3v) is 6.99. The van der Waals surface area contributed by atoms with E-state index in [1.165, 1.54) is 5.56 Å². The number of aromatic nitrogens is 1. The predicted molar refractivity (Wildman–Crippen MR) is 111 cm³/mol. The van der Waals surface area contributed by atoms with E-state index in [4.69, 9.17) is 0 Å². The zero-order valence-corrected chi connectivity index (χ0v) is 17.1. The first-order valence-electron chi connectivity index (χ1n) is 9.10. The number of thiazole rings is 1. The maximum Gasteiger partial charge on any atom is 0.308 e. The summed E-state index contributed by atoms with van der Waals surface area (Å²) in [7, 11) is -3.63. The standard InChI is InChI=1S/C20H24N2O3S2/c1-3-13-22-18-12-11-17(14-19(18)26-20(22)23)27(24,25)21-15(2)9-10-16-7-5-4-6-8-16/h4-8,11-12,14-15,21H,3,9-10,13H2,1-2H3/t15-/m0/s1. The Hall–Kier alpha value is -1.96. The van der Waals surface area contributed by atoms with Gasteiger partial charge in [0.2, 0.25) is 10.0 Å². The molecule has 0 fully saturated rings. The van der Waals surface area contributed by atoms with Crippen LogP contribution in [0.1, 0.15) is 32.3 Å². The zero-order valence-electron chi connectivity index (χ0n) is 15.5. The van der Waals surface area contributed by atoms with Crippen molar-refractivity contribution >= 4 is 31.6 Å². The Labute approximate surface area is 163 Å². The van der Waals surface area contributed by atoms with Crippen LogP contribution >= 0.6 is 11.3 Å². The van der Waals surface area contributed by atoms with Crippen LogP contribution in [0, 0.1) is 0 Å². The molecule has 0 aliphatic heterocycles. The second kappa shape index (κ2) is 8.37. The van der Waals surface area contributed by atoms with Crippen LogP contribution < -0.4 is 9.60 Å². The van der Waals surface area contributed by atoms with E-state index in [0.717, 1.165) is 29.7 Å². The summed E-state index contributed by atoms with van der Waals surface area (Å²) in [5.41, 5.74) is 1.98. The van der Waals surface area contributed by atoms with Crippen molar-refractivity contribution in [2.75, 3.05) is 0 Å². The number of nitrogens with one attached hydrogen (secondary N) is 1. The van der Waals surface area contributed by atoms with Gasteiger partial charge in [-0.15, -0.1) is 0 Å². The SMILES string of the molecule is CCCn1c(=O)sc2cc(S(=O)(=O)N[C@@H](C)CCc3ccccc3)ccc21. The molecule has 1 aromatic heterocycles. The molecule has 0 saturated heterocycles. The number of hydrogen-bond donors (Lipinski definition) is 1. The van der Waals surface area contributed by atoms with E-state index in [1.54, 1.807) is 22.8 Å². The number of benzene rings is 2. The highest BCUT2D eigenvalue weighted by atomic mass is 32.2. The Bertz CT molecular complexity index is 1070. The maximum absolute atomic E-state index is 12.7. The lowest BCUT2D eigenvalue weighted by Gasteiger charge is -2.14. The lowest BCUT2D eigenvalue weighted by Crippen LogP contribution is -2.32. The van der Waals surface area contributed by atoms with Crippen molar-refractivity contribution in [1.82, 2.24) is 9.29 Å². The lowest BCUT2D eigenvalue weighted by atomic mass is 10.1. The number of rotatable bonds is 8. The first-order chi connectivity index (χ1) is 12.9. The minimum atomic E-state index is -3.63. The zero-order chi connectivity index (χ0) is 19.4. The molecule has 0 radical (unpaired) electrons. The van der Waals surface area contributed by atoms with Crippen LogP contribution in [0.4, 0.5) is 0 Å². The largest absolute Gasteiger partial charge is 0.308 e. The molecule has 0 aliphatic carbocycles. The lowest BCUT2D eigenvalue weighted by molar-refractivity contribution is 0.547. The summed E-state index contributed by atoms with van der Waals surface area (Å²) in [5, 5.41) is 0. The average Bonchev–Trinajstić information content (AvgIpc) is 2.96. The van der Waals surface area contributed by atoms with Gasteiger partial charge >= 0.3 is 4.87 Å². The van der Waals surface area contributed by atoms with Gasteiger partial charge in [-0.05, 0) is 49.9 Å². The fourth-order valence-corrected chi connectivity index (χ4v) is 5.40. The van der Waals surface area contributed by atoms with E-state index in [1.807, 2.05) is 44.2 Å². The summed E-state index contributed by atoms with van der Waals surface area (Å²) < 4.78 is 30.6. The minimum Gasteiger partial charge on any atom is -0.299 e. The van der Waals surface area contributed by atoms with Gasteiger partial charge in [0.25, 0.3) is 0 Å². The fraction of sp³-hybridized carbons (Fsp3) is 0.350. The van der Waals surface area contributed by atoms with Crippen LogP contribution in [0.25, 0.3) is 10.2 Å². The van der Waals surface area contributed by atoms with E-state index in [-0.39, 0.29) is 15.8 Å². The molecule has 0 unspecified atom stereocenters. The smallest absolute Gasteiger partial charge is 0.299 e. The van der Waals surface area contributed by atoms with Crippen LogP contribution in [0.2, 0.25) is 0 Å². The molecule has 0 bridgehead atoms. The third-order valence-electron chi connectivity index (χ3n) is 4.46. The molecule has 1 heterocycles. The van der Waals surface area contributed by atoms with Gasteiger partial charge in [-0.2, -0.15) is 0 Å². The van der Waals surface area contributed by atoms with Crippen molar-refractivity contribution in [3.63, 3.8) is 0 Å². The summed E-state index contributed by atoms with van der Waals surface area (Å²) in [4.78, 5) is 12.3. The van der Waals surface area contributed by atoms with Crippen LogP contribution in [-0.4, -0.2) is 19.0 Å². The highest BCUT2D eigenvalue weighted by Gasteiger charge is 2.19. The molecule has 1 N–H and O–H groups in total. The first kappa shape index (κ1) is 19.8. The number of nitrogens with zero attached hydrogens (tertiary/aromatic N) is 1. The summed E-state index contributed by atoms with van der Waals surface area (Å²) in [6.45, 7) is 4.52. The molecule has 27 heavy (non-hydrogen) atoms. The summed E-state index contributed by atoms with van der Waals surface area (Å²) in [6, 6.07) is 14.7. The van der Waals surface area contributed by atoms with Crippen molar-refractivity contribution in [2.45, 2.75) is 50.6 Å². The van der Waals surface area contributed by atoms with Gasteiger partial charge in [0.1, 0.15) is 0 Å². The van der Waals surface area contributed by atoms with Gasteiger partial charge < -0.3 is 0 Å². The Kier molecular flexibility index (Phi) is 6.14. The highest BCUT2D eigenvalue weighted by Crippen LogP contribution is 2.22. The maximum atomic E-state index is 12.7. The van der Waals surface area contributed by atoms with Gasteiger partial charge in [0.05, 0.1) is 15.1 Å². The average molecular weight is 405 g/mol. The van der Waals surface area contributed by atoms with Crippen molar-refractivity contribution in [3.8, 4) is 0 Å². The Morgan fingerprint density at radius 3 is 2.59 bits per heavy atom. The van der Waals surface area contributed by atoms with Crippen LogP contribution in [0.5, 0.6) is 0 Å². The van der Waals surface area contributed by atoms with E-state index in [0.29, 0.717) is 17.7 Å². The molecular weight excluding hydrogens is 380 g/mol. The topological polar surface area (TPSA) is 68.2 Å². The van der Waals surface area contributed by atoms with Gasteiger partial charge in [-0.25, -0.2) is 13.1 Å². The second-order valence-corrected chi connectivity index (χ2v) is 9.40. The molecule has 144 valence electrons. The van der Waals surface area contributed by atoms with E-state index in [2.05, 4.69) is 4.72 Å². The molecular formula is C20H24N2O3S2. The third kappa shape index (κ3) is 4.66. The van der Waals surface area contributed by atoms with Crippen molar-refractivity contribution in [1.29, 1.82) is 0 Å².